The van der Waals surface area contributed by atoms with Gasteiger partial charge in [-0.15, -0.1) is 10.2 Å². The van der Waals surface area contributed by atoms with Gasteiger partial charge in [0.05, 0.1) is 16.6 Å². The summed E-state index contributed by atoms with van der Waals surface area (Å²) in [5, 5.41) is 8.85. The zero-order chi connectivity index (χ0) is 22.1. The number of hydrogen-bond acceptors (Lipinski definition) is 5. The molecule has 2 N–H and O–H groups in total. The Balaban J connectivity index is 1.31. The quantitative estimate of drug-likeness (QED) is 0.489. The molecule has 1 aromatic carbocycles. The zero-order valence-corrected chi connectivity index (χ0v) is 17.8. The molecular formula is C21H20F2N6O2S. The van der Waals surface area contributed by atoms with Crippen LogP contribution in [0.2, 0.25) is 0 Å². The molecule has 0 spiro atoms. The molecule has 3 aromatic heterocycles. The average molecular weight is 458 g/mol. The number of rotatable bonds is 4. The van der Waals surface area contributed by atoms with Gasteiger partial charge < -0.3 is 4.98 Å². The smallest absolute Gasteiger partial charge is 0.241 e. The molecule has 11 heteroatoms. The van der Waals surface area contributed by atoms with Crippen molar-refractivity contribution in [3.05, 3.63) is 54.1 Å². The molecule has 3 aliphatic carbocycles. The standard InChI is InChI=1S/C21H20F2N6O2S/c22-14-2-1-13(11-15(14)23)32(30,31)28-21-7-4-20(5-8-21,6-9-21)19-27-26-17-12-25-18-16(29(17)19)3-10-24-18/h1-3,10-12,24,28H,4-9H2. The predicted octanol–water partition coefficient (Wildman–Crippen LogP) is 3.21. The molecule has 0 aliphatic heterocycles. The second kappa shape index (κ2) is 6.55. The van der Waals surface area contributed by atoms with Gasteiger partial charge in [0.15, 0.2) is 22.9 Å². The second-order valence-corrected chi connectivity index (χ2v) is 10.6. The van der Waals surface area contributed by atoms with Gasteiger partial charge in [-0.05, 0) is 62.8 Å². The zero-order valence-electron chi connectivity index (χ0n) is 17.0. The summed E-state index contributed by atoms with van der Waals surface area (Å²) in [5.41, 5.74) is 1.56. The molecule has 3 aliphatic rings. The minimum atomic E-state index is -3.98. The lowest BCUT2D eigenvalue weighted by molar-refractivity contribution is 0.0882. The van der Waals surface area contributed by atoms with Crippen LogP contribution >= 0.6 is 0 Å². The third-order valence-electron chi connectivity index (χ3n) is 7.21. The van der Waals surface area contributed by atoms with Gasteiger partial charge in [-0.25, -0.2) is 26.9 Å². The lowest BCUT2D eigenvalue weighted by Crippen LogP contribution is -2.58. The Morgan fingerprint density at radius 3 is 2.47 bits per heavy atom. The third-order valence-corrected chi connectivity index (χ3v) is 8.79. The normalized spacial score (nSPS) is 25.7. The van der Waals surface area contributed by atoms with Crippen molar-refractivity contribution >= 4 is 26.8 Å². The molecule has 3 fully saturated rings. The summed E-state index contributed by atoms with van der Waals surface area (Å²) in [6, 6.07) is 4.60. The Morgan fingerprint density at radius 2 is 1.75 bits per heavy atom. The monoisotopic (exact) mass is 458 g/mol. The number of fused-ring (bicyclic) bond motifs is 6. The maximum atomic E-state index is 13.6. The first-order valence-electron chi connectivity index (χ1n) is 10.5. The molecule has 166 valence electrons. The Hall–Kier alpha value is -2.92. The van der Waals surface area contributed by atoms with Crippen LogP contribution in [-0.4, -0.2) is 38.5 Å². The van der Waals surface area contributed by atoms with Crippen molar-refractivity contribution in [3.8, 4) is 0 Å². The van der Waals surface area contributed by atoms with Crippen LogP contribution < -0.4 is 4.72 Å². The summed E-state index contributed by atoms with van der Waals surface area (Å²) in [5.74, 6) is -1.37. The highest BCUT2D eigenvalue weighted by Gasteiger charge is 2.53. The van der Waals surface area contributed by atoms with Crippen LogP contribution in [0.5, 0.6) is 0 Å². The van der Waals surface area contributed by atoms with E-state index in [1.165, 1.54) is 0 Å². The fourth-order valence-corrected chi connectivity index (χ4v) is 6.88. The first kappa shape index (κ1) is 19.7. The minimum Gasteiger partial charge on any atom is -0.345 e. The van der Waals surface area contributed by atoms with E-state index >= 15 is 0 Å². The van der Waals surface area contributed by atoms with Crippen molar-refractivity contribution in [1.82, 2.24) is 29.3 Å². The van der Waals surface area contributed by atoms with Crippen LogP contribution in [-0.2, 0) is 15.4 Å². The van der Waals surface area contributed by atoms with E-state index in [-0.39, 0.29) is 10.3 Å². The van der Waals surface area contributed by atoms with Crippen LogP contribution in [0.1, 0.15) is 44.3 Å². The number of halogens is 2. The molecule has 0 amide bonds. The molecule has 32 heavy (non-hydrogen) atoms. The number of benzene rings is 1. The van der Waals surface area contributed by atoms with E-state index in [1.54, 1.807) is 6.20 Å². The van der Waals surface area contributed by atoms with Gasteiger partial charge in [-0.2, -0.15) is 0 Å². The number of H-pyrrole nitrogens is 1. The van der Waals surface area contributed by atoms with E-state index in [2.05, 4.69) is 24.9 Å². The van der Waals surface area contributed by atoms with E-state index in [0.717, 1.165) is 54.4 Å². The van der Waals surface area contributed by atoms with E-state index < -0.39 is 27.2 Å². The van der Waals surface area contributed by atoms with Crippen LogP contribution in [0.4, 0.5) is 8.78 Å². The largest absolute Gasteiger partial charge is 0.345 e. The molecule has 7 rings (SSSR count). The number of nitrogens with one attached hydrogen (secondary N) is 2. The molecule has 0 atom stereocenters. The summed E-state index contributed by atoms with van der Waals surface area (Å²) >= 11 is 0. The van der Waals surface area contributed by atoms with E-state index in [9.17, 15) is 17.2 Å². The SMILES string of the molecule is O=S(=O)(NC12CCC(c3nnc4cnc5[nH]ccc5n34)(CC1)CC2)c1ccc(F)c(F)c1. The number of aromatic nitrogens is 5. The highest BCUT2D eigenvalue weighted by atomic mass is 32.2. The molecule has 0 saturated heterocycles. The third kappa shape index (κ3) is 2.80. The lowest BCUT2D eigenvalue weighted by atomic mass is 9.57. The fourth-order valence-electron chi connectivity index (χ4n) is 5.38. The van der Waals surface area contributed by atoms with Gasteiger partial charge in [0.2, 0.25) is 10.0 Å². The van der Waals surface area contributed by atoms with Gasteiger partial charge in [-0.3, -0.25) is 4.40 Å². The molecule has 0 unspecified atom stereocenters. The van der Waals surface area contributed by atoms with Gasteiger partial charge >= 0.3 is 0 Å². The molecule has 3 heterocycles. The topological polar surface area (TPSA) is 105 Å². The van der Waals surface area contributed by atoms with E-state index in [4.69, 9.17) is 0 Å². The summed E-state index contributed by atoms with van der Waals surface area (Å²) in [4.78, 5) is 7.22. The Labute approximate surface area is 182 Å². The highest BCUT2D eigenvalue weighted by molar-refractivity contribution is 7.89. The van der Waals surface area contributed by atoms with Crippen molar-refractivity contribution in [3.63, 3.8) is 0 Å². The lowest BCUT2D eigenvalue weighted by Gasteiger charge is -2.52. The molecular weight excluding hydrogens is 438 g/mol. The van der Waals surface area contributed by atoms with Gasteiger partial charge in [0.25, 0.3) is 0 Å². The Morgan fingerprint density at radius 1 is 1.00 bits per heavy atom. The van der Waals surface area contributed by atoms with E-state index in [1.807, 2.05) is 16.7 Å². The van der Waals surface area contributed by atoms with Crippen LogP contribution in [0, 0.1) is 11.6 Å². The van der Waals surface area contributed by atoms with Crippen molar-refractivity contribution in [2.24, 2.45) is 0 Å². The second-order valence-electron chi connectivity index (χ2n) is 8.93. The molecule has 8 nitrogen and oxygen atoms in total. The summed E-state index contributed by atoms with van der Waals surface area (Å²) < 4.78 is 57.5. The van der Waals surface area contributed by atoms with Crippen LogP contribution in [0.15, 0.2) is 41.6 Å². The van der Waals surface area contributed by atoms with Gasteiger partial charge in [0, 0.05) is 17.2 Å². The molecule has 4 aromatic rings. The number of aromatic amines is 1. The Bertz CT molecular complexity index is 1450. The minimum absolute atomic E-state index is 0.194. The first-order valence-corrected chi connectivity index (χ1v) is 12.0. The van der Waals surface area contributed by atoms with Crippen molar-refractivity contribution in [1.29, 1.82) is 0 Å². The Kier molecular flexibility index (Phi) is 4.04. The van der Waals surface area contributed by atoms with Crippen LogP contribution in [0.3, 0.4) is 0 Å². The molecule has 0 radical (unpaired) electrons. The highest BCUT2D eigenvalue weighted by Crippen LogP contribution is 2.53. The maximum Gasteiger partial charge on any atom is 0.241 e. The maximum absolute atomic E-state index is 13.6. The van der Waals surface area contributed by atoms with Crippen LogP contribution in [0.25, 0.3) is 16.8 Å². The number of nitrogens with zero attached hydrogens (tertiary/aromatic N) is 4. The van der Waals surface area contributed by atoms with Crippen molar-refractivity contribution < 1.29 is 17.2 Å². The predicted molar refractivity (Wildman–Crippen MR) is 111 cm³/mol. The van der Waals surface area contributed by atoms with E-state index in [0.29, 0.717) is 24.9 Å². The number of sulfonamides is 1. The fraction of sp³-hybridized carbons (Fsp3) is 0.381. The van der Waals surface area contributed by atoms with Gasteiger partial charge in [0.1, 0.15) is 5.82 Å². The molecule has 3 saturated carbocycles. The summed E-state index contributed by atoms with van der Waals surface area (Å²) in [6.07, 6.45) is 7.67. The van der Waals surface area contributed by atoms with Crippen molar-refractivity contribution in [2.45, 2.75) is 54.4 Å². The number of hydrogen-bond donors (Lipinski definition) is 2. The molecule has 2 bridgehead atoms. The average Bonchev–Trinajstić information content (AvgIpc) is 3.43. The first-order chi connectivity index (χ1) is 15.3. The van der Waals surface area contributed by atoms with Gasteiger partial charge in [-0.1, -0.05) is 0 Å². The summed E-state index contributed by atoms with van der Waals surface area (Å²) in [7, 11) is -3.98. The summed E-state index contributed by atoms with van der Waals surface area (Å²) in [6.45, 7) is 0. The van der Waals surface area contributed by atoms with Crippen molar-refractivity contribution in [2.75, 3.05) is 0 Å².